The van der Waals surface area contributed by atoms with Gasteiger partial charge in [0, 0.05) is 13.1 Å². The zero-order valence-electron chi connectivity index (χ0n) is 10.1. The maximum Gasteiger partial charge on any atom is 0.345 e. The predicted octanol–water partition coefficient (Wildman–Crippen LogP) is -0.257. The summed E-state index contributed by atoms with van der Waals surface area (Å²) in [6.07, 6.45) is 1.39. The van der Waals surface area contributed by atoms with Crippen LogP contribution in [-0.2, 0) is 18.4 Å². The molecule has 0 saturated heterocycles. The van der Waals surface area contributed by atoms with E-state index in [1.807, 2.05) is 20.8 Å². The SMILES string of the molecule is CC(C)C(C)NC(=O)Cn1ncn(C)c1=O. The van der Waals surface area contributed by atoms with Gasteiger partial charge in [-0.05, 0) is 12.8 Å². The largest absolute Gasteiger partial charge is 0.352 e. The van der Waals surface area contributed by atoms with Gasteiger partial charge in [0.2, 0.25) is 5.91 Å². The molecule has 1 N–H and O–H groups in total. The third-order valence-electron chi connectivity index (χ3n) is 2.57. The fourth-order valence-electron chi connectivity index (χ4n) is 1.13. The summed E-state index contributed by atoms with van der Waals surface area (Å²) < 4.78 is 2.47. The monoisotopic (exact) mass is 226 g/mol. The van der Waals surface area contributed by atoms with Gasteiger partial charge < -0.3 is 5.32 Å². The molecule has 0 radical (unpaired) electrons. The molecule has 90 valence electrons. The van der Waals surface area contributed by atoms with Crippen molar-refractivity contribution in [1.82, 2.24) is 19.7 Å². The van der Waals surface area contributed by atoms with Crippen molar-refractivity contribution < 1.29 is 4.79 Å². The van der Waals surface area contributed by atoms with Gasteiger partial charge in [-0.1, -0.05) is 13.8 Å². The molecule has 0 bridgehead atoms. The van der Waals surface area contributed by atoms with Crippen LogP contribution < -0.4 is 11.0 Å². The second kappa shape index (κ2) is 4.96. The first-order chi connectivity index (χ1) is 7.41. The summed E-state index contributed by atoms with van der Waals surface area (Å²) in [5.41, 5.74) is -0.285. The van der Waals surface area contributed by atoms with Gasteiger partial charge in [0.25, 0.3) is 0 Å². The number of carbonyl (C=O) groups excluding carboxylic acids is 1. The molecular weight excluding hydrogens is 208 g/mol. The molecule has 0 fully saturated rings. The highest BCUT2D eigenvalue weighted by atomic mass is 16.2. The summed E-state index contributed by atoms with van der Waals surface area (Å²) in [7, 11) is 1.60. The number of rotatable bonds is 4. The van der Waals surface area contributed by atoms with E-state index in [2.05, 4.69) is 10.4 Å². The van der Waals surface area contributed by atoms with Crippen molar-refractivity contribution in [3.8, 4) is 0 Å². The second-order valence-electron chi connectivity index (χ2n) is 4.28. The van der Waals surface area contributed by atoms with Crippen molar-refractivity contribution in [3.63, 3.8) is 0 Å². The van der Waals surface area contributed by atoms with Gasteiger partial charge in [0.15, 0.2) is 0 Å². The molecule has 6 nitrogen and oxygen atoms in total. The van der Waals surface area contributed by atoms with Crippen LogP contribution in [0.15, 0.2) is 11.1 Å². The van der Waals surface area contributed by atoms with Gasteiger partial charge in [0.05, 0.1) is 0 Å². The van der Waals surface area contributed by atoms with E-state index in [-0.39, 0.29) is 24.2 Å². The summed E-state index contributed by atoms with van der Waals surface area (Å²) in [6, 6.07) is 0.0897. The molecule has 0 spiro atoms. The zero-order valence-corrected chi connectivity index (χ0v) is 10.1. The van der Waals surface area contributed by atoms with E-state index in [0.29, 0.717) is 5.92 Å². The molecule has 0 aromatic carbocycles. The average Bonchev–Trinajstić information content (AvgIpc) is 2.49. The molecule has 0 aliphatic rings. The third kappa shape index (κ3) is 2.95. The van der Waals surface area contributed by atoms with Crippen molar-refractivity contribution in [2.75, 3.05) is 0 Å². The van der Waals surface area contributed by atoms with E-state index in [0.717, 1.165) is 4.68 Å². The molecule has 1 aromatic rings. The maximum atomic E-state index is 11.6. The number of carbonyl (C=O) groups is 1. The lowest BCUT2D eigenvalue weighted by molar-refractivity contribution is -0.122. The fraction of sp³-hybridized carbons (Fsp3) is 0.700. The van der Waals surface area contributed by atoms with Crippen molar-refractivity contribution in [3.05, 3.63) is 16.8 Å². The number of nitrogens with zero attached hydrogens (tertiary/aromatic N) is 3. The lowest BCUT2D eigenvalue weighted by atomic mass is 10.1. The minimum Gasteiger partial charge on any atom is -0.352 e. The van der Waals surface area contributed by atoms with Gasteiger partial charge in [-0.15, -0.1) is 0 Å². The highest BCUT2D eigenvalue weighted by Gasteiger charge is 2.12. The highest BCUT2D eigenvalue weighted by Crippen LogP contribution is 1.99. The molecule has 1 aromatic heterocycles. The molecule has 0 aliphatic carbocycles. The molecule has 1 rings (SSSR count). The third-order valence-corrected chi connectivity index (χ3v) is 2.57. The Kier molecular flexibility index (Phi) is 3.87. The Morgan fingerprint density at radius 3 is 2.56 bits per heavy atom. The highest BCUT2D eigenvalue weighted by molar-refractivity contribution is 5.75. The standard InChI is InChI=1S/C10H18N4O2/c1-7(2)8(3)12-9(15)5-14-10(16)13(4)6-11-14/h6-8H,5H2,1-4H3,(H,12,15). The lowest BCUT2D eigenvalue weighted by Gasteiger charge is -2.16. The van der Waals surface area contributed by atoms with Crippen LogP contribution in [0.25, 0.3) is 0 Å². The zero-order chi connectivity index (χ0) is 12.3. The Hall–Kier alpha value is -1.59. The Balaban J connectivity index is 2.59. The Labute approximate surface area is 94.3 Å². The van der Waals surface area contributed by atoms with Crippen LogP contribution in [0.4, 0.5) is 0 Å². The quantitative estimate of drug-likeness (QED) is 0.769. The Morgan fingerprint density at radius 2 is 2.12 bits per heavy atom. The summed E-state index contributed by atoms with van der Waals surface area (Å²) in [5, 5.41) is 6.63. The van der Waals surface area contributed by atoms with Gasteiger partial charge >= 0.3 is 5.69 Å². The predicted molar refractivity (Wildman–Crippen MR) is 59.9 cm³/mol. The Morgan fingerprint density at radius 1 is 1.50 bits per heavy atom. The van der Waals surface area contributed by atoms with Crippen LogP contribution in [0.5, 0.6) is 0 Å². The first-order valence-corrected chi connectivity index (χ1v) is 5.29. The molecule has 1 amide bonds. The molecule has 16 heavy (non-hydrogen) atoms. The van der Waals surface area contributed by atoms with Gasteiger partial charge in [-0.25, -0.2) is 9.48 Å². The summed E-state index contributed by atoms with van der Waals surface area (Å²) >= 11 is 0. The number of amides is 1. The summed E-state index contributed by atoms with van der Waals surface area (Å²) in [5.74, 6) is 0.173. The van der Waals surface area contributed by atoms with E-state index in [9.17, 15) is 9.59 Å². The minimum absolute atomic E-state index is 0.0310. The smallest absolute Gasteiger partial charge is 0.345 e. The van der Waals surface area contributed by atoms with Crippen LogP contribution in [0, 0.1) is 5.92 Å². The van der Waals surface area contributed by atoms with Crippen molar-refractivity contribution in [2.45, 2.75) is 33.4 Å². The lowest BCUT2D eigenvalue weighted by Crippen LogP contribution is -2.40. The molecule has 0 aliphatic heterocycles. The second-order valence-corrected chi connectivity index (χ2v) is 4.28. The number of hydrogen-bond donors (Lipinski definition) is 1. The van der Waals surface area contributed by atoms with Crippen LogP contribution in [-0.4, -0.2) is 26.3 Å². The van der Waals surface area contributed by atoms with Crippen LogP contribution >= 0.6 is 0 Å². The molecule has 6 heteroatoms. The van der Waals surface area contributed by atoms with E-state index >= 15 is 0 Å². The van der Waals surface area contributed by atoms with E-state index in [1.54, 1.807) is 7.05 Å². The van der Waals surface area contributed by atoms with Crippen LogP contribution in [0.3, 0.4) is 0 Å². The van der Waals surface area contributed by atoms with Crippen molar-refractivity contribution in [1.29, 1.82) is 0 Å². The first-order valence-electron chi connectivity index (χ1n) is 5.29. The number of nitrogens with one attached hydrogen (secondary N) is 1. The summed E-state index contributed by atoms with van der Waals surface area (Å²) in [4.78, 5) is 23.0. The van der Waals surface area contributed by atoms with Gasteiger partial charge in [-0.2, -0.15) is 5.10 Å². The van der Waals surface area contributed by atoms with E-state index in [1.165, 1.54) is 10.9 Å². The molecular formula is C10H18N4O2. The van der Waals surface area contributed by atoms with Gasteiger partial charge in [-0.3, -0.25) is 9.36 Å². The molecule has 1 heterocycles. The first kappa shape index (κ1) is 12.5. The fourth-order valence-corrected chi connectivity index (χ4v) is 1.13. The Bertz CT molecular complexity index is 419. The number of aromatic nitrogens is 3. The van der Waals surface area contributed by atoms with E-state index < -0.39 is 0 Å². The van der Waals surface area contributed by atoms with Crippen molar-refractivity contribution >= 4 is 5.91 Å². The average molecular weight is 226 g/mol. The minimum atomic E-state index is -0.285. The van der Waals surface area contributed by atoms with Gasteiger partial charge in [0.1, 0.15) is 12.9 Å². The normalized spacial score (nSPS) is 12.8. The van der Waals surface area contributed by atoms with E-state index in [4.69, 9.17) is 0 Å². The van der Waals surface area contributed by atoms with Crippen molar-refractivity contribution in [2.24, 2.45) is 13.0 Å². The van der Waals surface area contributed by atoms with Crippen LogP contribution in [0.2, 0.25) is 0 Å². The number of aryl methyl sites for hydroxylation is 1. The molecule has 1 unspecified atom stereocenters. The topological polar surface area (TPSA) is 68.9 Å². The molecule has 1 atom stereocenters. The summed E-state index contributed by atoms with van der Waals surface area (Å²) in [6.45, 7) is 5.95. The number of hydrogen-bond acceptors (Lipinski definition) is 3. The molecule has 0 saturated carbocycles. The van der Waals surface area contributed by atoms with Crippen LogP contribution in [0.1, 0.15) is 20.8 Å². The maximum absolute atomic E-state index is 11.6.